The topological polar surface area (TPSA) is 12.5 Å². The van der Waals surface area contributed by atoms with Crippen LogP contribution in [0.2, 0.25) is 0 Å². The molecule has 2 aromatic carbocycles. The second-order valence-electron chi connectivity index (χ2n) is 6.37. The number of nitrogens with zero attached hydrogens (tertiary/aromatic N) is 1. The van der Waals surface area contributed by atoms with Crippen molar-refractivity contribution in [3.63, 3.8) is 0 Å². The van der Waals surface area contributed by atoms with Crippen molar-refractivity contribution in [1.82, 2.24) is 4.90 Å². The molecular formula is C20H21NO. The Morgan fingerprint density at radius 3 is 2.64 bits per heavy atom. The van der Waals surface area contributed by atoms with Crippen molar-refractivity contribution < 1.29 is 4.74 Å². The average molecular weight is 291 g/mol. The Balaban J connectivity index is 1.58. The van der Waals surface area contributed by atoms with Gasteiger partial charge in [-0.15, -0.1) is 0 Å². The minimum atomic E-state index is 0.561. The second kappa shape index (κ2) is 5.29. The van der Waals surface area contributed by atoms with Crippen LogP contribution >= 0.6 is 0 Å². The molecule has 112 valence electrons. The smallest absolute Gasteiger partial charge is 0.119 e. The lowest BCUT2D eigenvalue weighted by atomic mass is 9.95. The first-order chi connectivity index (χ1) is 10.8. The zero-order chi connectivity index (χ0) is 15.1. The third kappa shape index (κ3) is 2.15. The van der Waals surface area contributed by atoms with Crippen molar-refractivity contribution in [2.75, 3.05) is 20.2 Å². The summed E-state index contributed by atoms with van der Waals surface area (Å²) in [6.45, 7) is 7.61. The van der Waals surface area contributed by atoms with Crippen molar-refractivity contribution in [1.29, 1.82) is 0 Å². The maximum atomic E-state index is 5.40. The molecule has 1 aliphatic carbocycles. The van der Waals surface area contributed by atoms with Gasteiger partial charge in [-0.05, 0) is 34.4 Å². The summed E-state index contributed by atoms with van der Waals surface area (Å²) in [5.41, 5.74) is 5.46. The Kier molecular flexibility index (Phi) is 3.27. The fraction of sp³-hybridized carbons (Fsp3) is 0.300. The largest absolute Gasteiger partial charge is 0.497 e. The molecule has 0 amide bonds. The summed E-state index contributed by atoms with van der Waals surface area (Å²) in [5, 5.41) is 0. The molecule has 0 spiro atoms. The van der Waals surface area contributed by atoms with E-state index in [-0.39, 0.29) is 0 Å². The molecule has 0 saturated carbocycles. The first-order valence-corrected chi connectivity index (χ1v) is 7.89. The fourth-order valence-corrected chi connectivity index (χ4v) is 3.99. The third-order valence-corrected chi connectivity index (χ3v) is 5.10. The van der Waals surface area contributed by atoms with Crippen LogP contribution in [-0.2, 0) is 6.54 Å². The maximum absolute atomic E-state index is 5.40. The molecule has 4 rings (SSSR count). The highest BCUT2D eigenvalue weighted by atomic mass is 16.5. The molecule has 1 saturated heterocycles. The number of methoxy groups -OCH3 is 1. The second-order valence-corrected chi connectivity index (χ2v) is 6.37. The molecule has 1 fully saturated rings. The van der Waals surface area contributed by atoms with E-state index in [4.69, 9.17) is 4.74 Å². The molecule has 22 heavy (non-hydrogen) atoms. The van der Waals surface area contributed by atoms with Gasteiger partial charge >= 0.3 is 0 Å². The van der Waals surface area contributed by atoms with Gasteiger partial charge in [0.1, 0.15) is 5.75 Å². The summed E-state index contributed by atoms with van der Waals surface area (Å²) in [7, 11) is 1.74. The van der Waals surface area contributed by atoms with Crippen LogP contribution in [0.5, 0.6) is 5.75 Å². The maximum Gasteiger partial charge on any atom is 0.119 e. The Bertz CT molecular complexity index is 707. The average Bonchev–Trinajstić information content (AvgIpc) is 3.07. The highest BCUT2D eigenvalue weighted by Crippen LogP contribution is 2.50. The van der Waals surface area contributed by atoms with Gasteiger partial charge in [-0.25, -0.2) is 0 Å². The van der Waals surface area contributed by atoms with Crippen LogP contribution in [0, 0.1) is 5.92 Å². The molecule has 1 aliphatic heterocycles. The molecule has 2 nitrogen and oxygen atoms in total. The Morgan fingerprint density at radius 1 is 1.09 bits per heavy atom. The minimum absolute atomic E-state index is 0.561. The van der Waals surface area contributed by atoms with Gasteiger partial charge in [-0.1, -0.05) is 43.0 Å². The predicted molar refractivity (Wildman–Crippen MR) is 90.0 cm³/mol. The summed E-state index contributed by atoms with van der Waals surface area (Å²) in [6.07, 6.45) is 0. The number of likely N-dealkylation sites (tertiary alicyclic amines) is 1. The van der Waals surface area contributed by atoms with Crippen molar-refractivity contribution in [3.05, 3.63) is 71.8 Å². The fourth-order valence-electron chi connectivity index (χ4n) is 3.99. The van der Waals surface area contributed by atoms with Gasteiger partial charge in [0.05, 0.1) is 7.11 Å². The molecule has 2 aliphatic rings. The number of fused-ring (bicyclic) bond motifs is 3. The lowest BCUT2D eigenvalue weighted by molar-refractivity contribution is 0.321. The lowest BCUT2D eigenvalue weighted by Crippen LogP contribution is -2.21. The van der Waals surface area contributed by atoms with Gasteiger partial charge in [0, 0.05) is 31.5 Å². The Hall–Kier alpha value is -2.06. The van der Waals surface area contributed by atoms with E-state index in [1.807, 2.05) is 6.07 Å². The molecule has 0 N–H and O–H groups in total. The van der Waals surface area contributed by atoms with Crippen LogP contribution in [-0.4, -0.2) is 25.1 Å². The zero-order valence-electron chi connectivity index (χ0n) is 13.0. The van der Waals surface area contributed by atoms with E-state index in [1.54, 1.807) is 7.11 Å². The minimum Gasteiger partial charge on any atom is -0.497 e. The predicted octanol–water partition coefficient (Wildman–Crippen LogP) is 3.94. The van der Waals surface area contributed by atoms with Crippen LogP contribution in [0.1, 0.15) is 22.6 Å². The molecule has 0 aromatic heterocycles. The summed E-state index contributed by atoms with van der Waals surface area (Å²) in [5.74, 6) is 2.08. The normalized spacial score (nSPS) is 23.4. The van der Waals surface area contributed by atoms with Crippen molar-refractivity contribution in [2.24, 2.45) is 5.92 Å². The SMILES string of the molecule is C=C1c2ccc(OC)cc2C2CN(Cc3ccccc3)CC12. The van der Waals surface area contributed by atoms with Crippen molar-refractivity contribution in [2.45, 2.75) is 12.5 Å². The first-order valence-electron chi connectivity index (χ1n) is 7.89. The van der Waals surface area contributed by atoms with E-state index in [1.165, 1.54) is 22.3 Å². The quantitative estimate of drug-likeness (QED) is 0.849. The van der Waals surface area contributed by atoms with Crippen LogP contribution in [0.4, 0.5) is 0 Å². The zero-order valence-corrected chi connectivity index (χ0v) is 13.0. The van der Waals surface area contributed by atoms with Crippen molar-refractivity contribution >= 4 is 5.57 Å². The van der Waals surface area contributed by atoms with Gasteiger partial charge < -0.3 is 4.74 Å². The van der Waals surface area contributed by atoms with Gasteiger partial charge in [0.15, 0.2) is 0 Å². The highest BCUT2D eigenvalue weighted by molar-refractivity contribution is 5.76. The van der Waals surface area contributed by atoms with Crippen LogP contribution in [0.15, 0.2) is 55.1 Å². The Labute approximate surface area is 132 Å². The summed E-state index contributed by atoms with van der Waals surface area (Å²) in [6, 6.07) is 17.2. The van der Waals surface area contributed by atoms with Crippen LogP contribution < -0.4 is 4.74 Å². The van der Waals surface area contributed by atoms with E-state index < -0.39 is 0 Å². The third-order valence-electron chi connectivity index (χ3n) is 5.10. The lowest BCUT2D eigenvalue weighted by Gasteiger charge is -2.18. The summed E-state index contributed by atoms with van der Waals surface area (Å²) in [4.78, 5) is 2.55. The monoisotopic (exact) mass is 291 g/mol. The number of hydrogen-bond donors (Lipinski definition) is 0. The number of rotatable bonds is 3. The van der Waals surface area contributed by atoms with E-state index in [0.717, 1.165) is 25.4 Å². The van der Waals surface area contributed by atoms with E-state index in [2.05, 4.69) is 53.9 Å². The molecule has 1 heterocycles. The summed E-state index contributed by atoms with van der Waals surface area (Å²) < 4.78 is 5.40. The van der Waals surface area contributed by atoms with E-state index >= 15 is 0 Å². The standard InChI is InChI=1S/C20H21NO/c1-14-17-9-8-16(22-2)10-18(17)20-13-21(12-19(14)20)11-15-6-4-3-5-7-15/h3-10,19-20H,1,11-13H2,2H3. The number of benzene rings is 2. The molecular weight excluding hydrogens is 270 g/mol. The number of ether oxygens (including phenoxy) is 1. The van der Waals surface area contributed by atoms with Gasteiger partial charge in [0.2, 0.25) is 0 Å². The first kappa shape index (κ1) is 13.6. The Morgan fingerprint density at radius 2 is 1.86 bits per heavy atom. The van der Waals surface area contributed by atoms with E-state index in [9.17, 15) is 0 Å². The summed E-state index contributed by atoms with van der Waals surface area (Å²) >= 11 is 0. The molecule has 0 bridgehead atoms. The molecule has 2 unspecified atom stereocenters. The van der Waals surface area contributed by atoms with Crippen LogP contribution in [0.25, 0.3) is 5.57 Å². The van der Waals surface area contributed by atoms with Gasteiger partial charge in [-0.3, -0.25) is 4.90 Å². The van der Waals surface area contributed by atoms with Gasteiger partial charge in [-0.2, -0.15) is 0 Å². The molecule has 2 aromatic rings. The molecule has 0 radical (unpaired) electrons. The van der Waals surface area contributed by atoms with Gasteiger partial charge in [0.25, 0.3) is 0 Å². The molecule has 2 heteroatoms. The number of hydrogen-bond acceptors (Lipinski definition) is 2. The molecule has 2 atom stereocenters. The highest BCUT2D eigenvalue weighted by Gasteiger charge is 2.42. The van der Waals surface area contributed by atoms with E-state index in [0.29, 0.717) is 11.8 Å². The van der Waals surface area contributed by atoms with Crippen LogP contribution in [0.3, 0.4) is 0 Å². The van der Waals surface area contributed by atoms with Crippen molar-refractivity contribution in [3.8, 4) is 5.75 Å².